The number of hydrogen-bond donors (Lipinski definition) is 0. The summed E-state index contributed by atoms with van der Waals surface area (Å²) in [5.41, 5.74) is 7.07. The van der Waals surface area contributed by atoms with Crippen molar-refractivity contribution in [1.29, 1.82) is 0 Å². The highest BCUT2D eigenvalue weighted by molar-refractivity contribution is 5.43. The van der Waals surface area contributed by atoms with Crippen LogP contribution in [0.5, 0.6) is 0 Å². The first-order chi connectivity index (χ1) is 7.49. The van der Waals surface area contributed by atoms with Crippen LogP contribution in [0.4, 0.5) is 18.9 Å². The van der Waals surface area contributed by atoms with Gasteiger partial charge in [-0.15, -0.1) is 0 Å². The molecule has 0 spiro atoms. The second-order valence-corrected chi connectivity index (χ2v) is 3.82. The lowest BCUT2D eigenvalue weighted by atomic mass is 9.95. The Kier molecular flexibility index (Phi) is 2.31. The van der Waals surface area contributed by atoms with Crippen molar-refractivity contribution < 1.29 is 13.2 Å². The number of alkyl halides is 3. The molecular weight excluding hydrogens is 219 g/mol. The van der Waals surface area contributed by atoms with Crippen LogP contribution < -0.4 is 0 Å². The highest BCUT2D eigenvalue weighted by Crippen LogP contribution is 2.58. The van der Waals surface area contributed by atoms with Crippen LogP contribution in [0.15, 0.2) is 29.4 Å². The molecule has 1 fully saturated rings. The first-order valence-corrected chi connectivity index (χ1v) is 4.72. The minimum Gasteiger partial charge on any atom is -0.170 e. The Hall–Kier alpha value is -1.68. The molecule has 16 heavy (non-hydrogen) atoms. The summed E-state index contributed by atoms with van der Waals surface area (Å²) in [7, 11) is 0. The molecule has 0 aromatic heterocycles. The normalized spacial score (nSPS) is 17.7. The van der Waals surface area contributed by atoms with E-state index in [9.17, 15) is 13.2 Å². The minimum absolute atomic E-state index is 0.136. The molecule has 0 atom stereocenters. The molecule has 2 rings (SSSR count). The number of hydrogen-bond acceptors (Lipinski definition) is 1. The van der Waals surface area contributed by atoms with Gasteiger partial charge in [-0.05, 0) is 23.9 Å². The summed E-state index contributed by atoms with van der Waals surface area (Å²) in [6.07, 6.45) is -3.93. The molecule has 3 nitrogen and oxygen atoms in total. The second-order valence-electron chi connectivity index (χ2n) is 3.82. The average molecular weight is 227 g/mol. The van der Waals surface area contributed by atoms with Crippen LogP contribution in [0.2, 0.25) is 0 Å². The van der Waals surface area contributed by atoms with Gasteiger partial charge in [0.1, 0.15) is 0 Å². The van der Waals surface area contributed by atoms with Crippen LogP contribution in [0, 0.1) is 0 Å². The fraction of sp³-hybridized carbons (Fsp3) is 0.400. The molecule has 0 heterocycles. The molecule has 0 radical (unpaired) electrons. The van der Waals surface area contributed by atoms with Gasteiger partial charge in [0.15, 0.2) is 0 Å². The van der Waals surface area contributed by atoms with Crippen molar-refractivity contribution in [2.24, 2.45) is 5.11 Å². The molecule has 0 saturated heterocycles. The third-order valence-electron chi connectivity index (χ3n) is 2.87. The zero-order valence-corrected chi connectivity index (χ0v) is 8.20. The predicted molar refractivity (Wildman–Crippen MR) is 52.2 cm³/mol. The smallest absolute Gasteiger partial charge is 0.170 e. The molecule has 0 amide bonds. The van der Waals surface area contributed by atoms with E-state index >= 15 is 0 Å². The van der Waals surface area contributed by atoms with E-state index in [1.165, 1.54) is 24.3 Å². The largest absolute Gasteiger partial charge is 0.398 e. The highest BCUT2D eigenvalue weighted by Gasteiger charge is 2.64. The molecule has 1 aliphatic carbocycles. The highest BCUT2D eigenvalue weighted by atomic mass is 19.4. The van der Waals surface area contributed by atoms with E-state index in [0.717, 1.165) is 0 Å². The molecule has 0 N–H and O–H groups in total. The third kappa shape index (κ3) is 1.61. The topological polar surface area (TPSA) is 48.8 Å². The Bertz CT molecular complexity index is 439. The summed E-state index contributed by atoms with van der Waals surface area (Å²) in [4.78, 5) is 2.56. The van der Waals surface area contributed by atoms with Crippen molar-refractivity contribution >= 4 is 5.69 Å². The molecule has 6 heteroatoms. The summed E-state index contributed by atoms with van der Waals surface area (Å²) < 4.78 is 38.2. The SMILES string of the molecule is [N-]=[N+]=Nc1ccc(C2(C(F)(F)F)CC2)cc1. The fourth-order valence-electron chi connectivity index (χ4n) is 1.76. The number of benzene rings is 1. The third-order valence-corrected chi connectivity index (χ3v) is 2.87. The van der Waals surface area contributed by atoms with Crippen LogP contribution in [0.3, 0.4) is 0 Å². The lowest BCUT2D eigenvalue weighted by Gasteiger charge is -2.19. The molecule has 1 aromatic rings. The zero-order chi connectivity index (χ0) is 11.8. The quantitative estimate of drug-likeness (QED) is 0.412. The van der Waals surface area contributed by atoms with E-state index in [4.69, 9.17) is 5.53 Å². The Labute approximate surface area is 89.5 Å². The standard InChI is InChI=1S/C10H8F3N3/c11-10(12,13)9(5-6-9)7-1-3-8(4-2-7)15-16-14/h1-4H,5-6H2. The van der Waals surface area contributed by atoms with E-state index in [2.05, 4.69) is 10.0 Å². The van der Waals surface area contributed by atoms with E-state index in [1.54, 1.807) is 0 Å². The minimum atomic E-state index is -4.20. The van der Waals surface area contributed by atoms with Crippen molar-refractivity contribution in [3.8, 4) is 0 Å². The molecule has 1 saturated carbocycles. The molecule has 0 aliphatic heterocycles. The van der Waals surface area contributed by atoms with Crippen LogP contribution >= 0.6 is 0 Å². The number of nitrogens with zero attached hydrogens (tertiary/aromatic N) is 3. The first kappa shape index (κ1) is 10.8. The van der Waals surface area contributed by atoms with E-state index in [-0.39, 0.29) is 18.4 Å². The second kappa shape index (κ2) is 3.42. The summed E-state index contributed by atoms with van der Waals surface area (Å²) >= 11 is 0. The lowest BCUT2D eigenvalue weighted by Crippen LogP contribution is -2.28. The molecule has 84 valence electrons. The number of azide groups is 1. The van der Waals surface area contributed by atoms with E-state index in [0.29, 0.717) is 5.69 Å². The van der Waals surface area contributed by atoms with Crippen molar-refractivity contribution in [3.05, 3.63) is 40.3 Å². The van der Waals surface area contributed by atoms with Gasteiger partial charge in [-0.1, -0.05) is 29.4 Å². The van der Waals surface area contributed by atoms with Crippen molar-refractivity contribution in [1.82, 2.24) is 0 Å². The van der Waals surface area contributed by atoms with Crippen molar-refractivity contribution in [2.45, 2.75) is 24.4 Å². The van der Waals surface area contributed by atoms with Crippen LogP contribution in [0.1, 0.15) is 18.4 Å². The summed E-state index contributed by atoms with van der Waals surface area (Å²) in [6, 6.07) is 5.57. The van der Waals surface area contributed by atoms with Gasteiger partial charge in [0.25, 0.3) is 0 Å². The Morgan fingerprint density at radius 3 is 2.12 bits per heavy atom. The molecule has 1 aromatic carbocycles. The molecule has 0 bridgehead atoms. The van der Waals surface area contributed by atoms with Crippen molar-refractivity contribution in [2.75, 3.05) is 0 Å². The zero-order valence-electron chi connectivity index (χ0n) is 8.20. The van der Waals surface area contributed by atoms with Crippen LogP contribution in [0.25, 0.3) is 10.4 Å². The Morgan fingerprint density at radius 1 is 1.19 bits per heavy atom. The Morgan fingerprint density at radius 2 is 1.75 bits per heavy atom. The summed E-state index contributed by atoms with van der Waals surface area (Å²) in [5.74, 6) is 0. The first-order valence-electron chi connectivity index (χ1n) is 4.72. The summed E-state index contributed by atoms with van der Waals surface area (Å²) in [6.45, 7) is 0. The monoisotopic (exact) mass is 227 g/mol. The molecule has 0 unspecified atom stereocenters. The van der Waals surface area contributed by atoms with E-state index in [1.807, 2.05) is 0 Å². The number of halogens is 3. The van der Waals surface area contributed by atoms with Gasteiger partial charge in [0, 0.05) is 10.6 Å². The predicted octanol–water partition coefficient (Wildman–Crippen LogP) is 4.22. The van der Waals surface area contributed by atoms with Gasteiger partial charge in [-0.2, -0.15) is 13.2 Å². The van der Waals surface area contributed by atoms with Gasteiger partial charge >= 0.3 is 6.18 Å². The average Bonchev–Trinajstić information content (AvgIpc) is 2.99. The Balaban J connectivity index is 2.32. The maximum atomic E-state index is 12.7. The fourth-order valence-corrected chi connectivity index (χ4v) is 1.76. The summed E-state index contributed by atoms with van der Waals surface area (Å²) in [5, 5.41) is 3.31. The lowest BCUT2D eigenvalue weighted by molar-refractivity contribution is -0.160. The van der Waals surface area contributed by atoms with Crippen LogP contribution in [-0.2, 0) is 5.41 Å². The maximum Gasteiger partial charge on any atom is 0.398 e. The van der Waals surface area contributed by atoms with Gasteiger partial charge < -0.3 is 0 Å². The van der Waals surface area contributed by atoms with Gasteiger partial charge in [0.05, 0.1) is 5.41 Å². The molecular formula is C10H8F3N3. The van der Waals surface area contributed by atoms with Gasteiger partial charge in [-0.25, -0.2) is 0 Å². The maximum absolute atomic E-state index is 12.7. The van der Waals surface area contributed by atoms with Crippen molar-refractivity contribution in [3.63, 3.8) is 0 Å². The molecule has 1 aliphatic rings. The van der Waals surface area contributed by atoms with E-state index < -0.39 is 11.6 Å². The van der Waals surface area contributed by atoms with Gasteiger partial charge in [0.2, 0.25) is 0 Å². The van der Waals surface area contributed by atoms with Crippen LogP contribution in [-0.4, -0.2) is 6.18 Å². The van der Waals surface area contributed by atoms with Gasteiger partial charge in [-0.3, -0.25) is 0 Å². The number of rotatable bonds is 2.